The summed E-state index contributed by atoms with van der Waals surface area (Å²) in [5.41, 5.74) is 1.70. The maximum absolute atomic E-state index is 11.0. The number of aliphatic hydroxyl groups is 1. The van der Waals surface area contributed by atoms with Gasteiger partial charge in [-0.1, -0.05) is 22.0 Å². The maximum atomic E-state index is 11.0. The first-order chi connectivity index (χ1) is 7.04. The molecule has 0 spiro atoms. The number of hydrogen-bond acceptors (Lipinski definition) is 3. The summed E-state index contributed by atoms with van der Waals surface area (Å²) in [4.78, 5) is 11.0. The molecule has 0 aliphatic heterocycles. The number of carbonyl (C=O) groups excluding carboxylic acids is 1. The van der Waals surface area contributed by atoms with Gasteiger partial charge in [0.15, 0.2) is 0 Å². The van der Waals surface area contributed by atoms with Gasteiger partial charge >= 0.3 is 5.97 Å². The van der Waals surface area contributed by atoms with E-state index in [1.54, 1.807) is 6.07 Å². The lowest BCUT2D eigenvalue weighted by atomic mass is 10.0. The molecule has 0 radical (unpaired) electrons. The molecule has 0 aromatic heterocycles. The molecule has 82 valence electrons. The van der Waals surface area contributed by atoms with E-state index in [4.69, 9.17) is 0 Å². The predicted molar refractivity (Wildman–Crippen MR) is 60.5 cm³/mol. The van der Waals surface area contributed by atoms with Crippen molar-refractivity contribution in [1.82, 2.24) is 0 Å². The summed E-state index contributed by atoms with van der Waals surface area (Å²) in [7, 11) is 1.31. The van der Waals surface area contributed by atoms with Crippen molar-refractivity contribution in [2.75, 3.05) is 7.11 Å². The van der Waals surface area contributed by atoms with Crippen molar-refractivity contribution in [1.29, 1.82) is 0 Å². The van der Waals surface area contributed by atoms with E-state index in [9.17, 15) is 9.90 Å². The van der Waals surface area contributed by atoms with Gasteiger partial charge in [-0.05, 0) is 30.2 Å². The molecule has 1 aromatic carbocycles. The number of aliphatic hydroxyl groups excluding tert-OH is 1. The molecule has 0 saturated carbocycles. The van der Waals surface area contributed by atoms with Crippen molar-refractivity contribution in [2.24, 2.45) is 0 Å². The summed E-state index contributed by atoms with van der Waals surface area (Å²) in [6, 6.07) is 5.53. The second-order valence-electron chi connectivity index (χ2n) is 3.30. The van der Waals surface area contributed by atoms with E-state index in [-0.39, 0.29) is 6.42 Å². The van der Waals surface area contributed by atoms with Gasteiger partial charge in [0, 0.05) is 4.47 Å². The summed E-state index contributed by atoms with van der Waals surface area (Å²) in [6.07, 6.45) is -0.815. The normalized spacial score (nSPS) is 12.3. The molecule has 3 nitrogen and oxygen atoms in total. The van der Waals surface area contributed by atoms with Crippen molar-refractivity contribution >= 4 is 21.9 Å². The smallest absolute Gasteiger partial charge is 0.308 e. The van der Waals surface area contributed by atoms with Crippen molar-refractivity contribution in [3.8, 4) is 0 Å². The van der Waals surface area contributed by atoms with Crippen LogP contribution in [0.3, 0.4) is 0 Å². The average Bonchev–Trinajstić information content (AvgIpc) is 2.17. The van der Waals surface area contributed by atoms with E-state index in [2.05, 4.69) is 20.7 Å². The third-order valence-electron chi connectivity index (χ3n) is 2.18. The van der Waals surface area contributed by atoms with Crippen LogP contribution in [0.25, 0.3) is 0 Å². The van der Waals surface area contributed by atoms with Crippen LogP contribution in [0, 0.1) is 6.92 Å². The van der Waals surface area contributed by atoms with Crippen LogP contribution in [0.2, 0.25) is 0 Å². The van der Waals surface area contributed by atoms with Crippen molar-refractivity contribution in [2.45, 2.75) is 19.4 Å². The second kappa shape index (κ2) is 5.28. The molecule has 1 aromatic rings. The quantitative estimate of drug-likeness (QED) is 0.860. The Morgan fingerprint density at radius 3 is 2.80 bits per heavy atom. The molecule has 0 aliphatic carbocycles. The Morgan fingerprint density at radius 2 is 2.27 bits per heavy atom. The first kappa shape index (κ1) is 12.2. The van der Waals surface area contributed by atoms with Gasteiger partial charge in [-0.15, -0.1) is 0 Å². The van der Waals surface area contributed by atoms with Crippen molar-refractivity contribution in [3.05, 3.63) is 33.8 Å². The van der Waals surface area contributed by atoms with Crippen LogP contribution in [-0.4, -0.2) is 18.2 Å². The van der Waals surface area contributed by atoms with Gasteiger partial charge < -0.3 is 9.84 Å². The van der Waals surface area contributed by atoms with Gasteiger partial charge in [0.1, 0.15) is 0 Å². The van der Waals surface area contributed by atoms with E-state index >= 15 is 0 Å². The first-order valence-corrected chi connectivity index (χ1v) is 5.35. The van der Waals surface area contributed by atoms with E-state index in [1.165, 1.54) is 7.11 Å². The molecule has 0 saturated heterocycles. The van der Waals surface area contributed by atoms with Gasteiger partial charge in [-0.2, -0.15) is 0 Å². The summed E-state index contributed by atoms with van der Waals surface area (Å²) >= 11 is 3.34. The van der Waals surface area contributed by atoms with Gasteiger partial charge in [0.05, 0.1) is 19.6 Å². The third kappa shape index (κ3) is 3.32. The first-order valence-electron chi connectivity index (χ1n) is 4.55. The Hall–Kier alpha value is -0.870. The lowest BCUT2D eigenvalue weighted by Crippen LogP contribution is -2.09. The standard InChI is InChI=1S/C11H13BrO3/c1-7-5-8(12)3-4-9(7)10(13)6-11(14)15-2/h3-5,10,13H,6H2,1-2H3/t10-/m1/s1. The highest BCUT2D eigenvalue weighted by atomic mass is 79.9. The van der Waals surface area contributed by atoms with Crippen LogP contribution < -0.4 is 0 Å². The van der Waals surface area contributed by atoms with Gasteiger partial charge in [0.2, 0.25) is 0 Å². The summed E-state index contributed by atoms with van der Waals surface area (Å²) in [5, 5.41) is 9.78. The van der Waals surface area contributed by atoms with E-state index < -0.39 is 12.1 Å². The van der Waals surface area contributed by atoms with Crippen LogP contribution in [0.4, 0.5) is 0 Å². The Morgan fingerprint density at radius 1 is 1.60 bits per heavy atom. The topological polar surface area (TPSA) is 46.5 Å². The predicted octanol–water partition coefficient (Wildman–Crippen LogP) is 2.35. The zero-order chi connectivity index (χ0) is 11.4. The highest BCUT2D eigenvalue weighted by Crippen LogP contribution is 2.23. The molecule has 0 heterocycles. The summed E-state index contributed by atoms with van der Waals surface area (Å²) < 4.78 is 5.45. The zero-order valence-electron chi connectivity index (χ0n) is 8.66. The third-order valence-corrected chi connectivity index (χ3v) is 2.67. The number of benzene rings is 1. The van der Waals surface area contributed by atoms with Crippen LogP contribution in [0.1, 0.15) is 23.7 Å². The molecule has 4 heteroatoms. The Labute approximate surface area is 97.2 Å². The number of methoxy groups -OCH3 is 1. The Bertz CT molecular complexity index is 363. The minimum Gasteiger partial charge on any atom is -0.469 e. The number of halogens is 1. The number of rotatable bonds is 3. The minimum atomic E-state index is -0.800. The fourth-order valence-corrected chi connectivity index (χ4v) is 1.84. The fourth-order valence-electron chi connectivity index (χ4n) is 1.36. The second-order valence-corrected chi connectivity index (χ2v) is 4.21. The molecule has 0 aliphatic rings. The fraction of sp³-hybridized carbons (Fsp3) is 0.364. The molecular formula is C11H13BrO3. The van der Waals surface area contributed by atoms with E-state index in [1.807, 2.05) is 19.1 Å². The maximum Gasteiger partial charge on any atom is 0.308 e. The Kier molecular flexibility index (Phi) is 4.29. The largest absolute Gasteiger partial charge is 0.469 e. The van der Waals surface area contributed by atoms with Gasteiger partial charge in [-0.25, -0.2) is 0 Å². The molecule has 0 fully saturated rings. The van der Waals surface area contributed by atoms with E-state index in [0.717, 1.165) is 15.6 Å². The lowest BCUT2D eigenvalue weighted by molar-refractivity contribution is -0.142. The highest BCUT2D eigenvalue weighted by Gasteiger charge is 2.15. The highest BCUT2D eigenvalue weighted by molar-refractivity contribution is 9.10. The molecule has 15 heavy (non-hydrogen) atoms. The van der Waals surface area contributed by atoms with E-state index in [0.29, 0.717) is 0 Å². The number of aryl methyl sites for hydroxylation is 1. The molecule has 1 atom stereocenters. The summed E-state index contributed by atoms with van der Waals surface area (Å²) in [6.45, 7) is 1.89. The SMILES string of the molecule is COC(=O)C[C@@H](O)c1ccc(Br)cc1C. The van der Waals surface area contributed by atoms with Crippen LogP contribution >= 0.6 is 15.9 Å². The number of carbonyl (C=O) groups is 1. The zero-order valence-corrected chi connectivity index (χ0v) is 10.2. The molecule has 1 N–H and O–H groups in total. The number of ether oxygens (including phenoxy) is 1. The van der Waals surface area contributed by atoms with Crippen molar-refractivity contribution in [3.63, 3.8) is 0 Å². The molecule has 1 rings (SSSR count). The number of esters is 1. The van der Waals surface area contributed by atoms with Crippen molar-refractivity contribution < 1.29 is 14.6 Å². The molecule has 0 bridgehead atoms. The minimum absolute atomic E-state index is 0.0149. The Balaban J connectivity index is 2.82. The van der Waals surface area contributed by atoms with Gasteiger partial charge in [-0.3, -0.25) is 4.79 Å². The number of hydrogen-bond donors (Lipinski definition) is 1. The lowest BCUT2D eigenvalue weighted by Gasteiger charge is -2.12. The van der Waals surface area contributed by atoms with Crippen LogP contribution in [-0.2, 0) is 9.53 Å². The van der Waals surface area contributed by atoms with Crippen LogP contribution in [0.5, 0.6) is 0 Å². The van der Waals surface area contributed by atoms with Crippen LogP contribution in [0.15, 0.2) is 22.7 Å². The summed E-state index contributed by atoms with van der Waals surface area (Å²) in [5.74, 6) is -0.412. The molecular weight excluding hydrogens is 260 g/mol. The molecule has 0 amide bonds. The van der Waals surface area contributed by atoms with Gasteiger partial charge in [0.25, 0.3) is 0 Å². The monoisotopic (exact) mass is 272 g/mol. The molecule has 0 unspecified atom stereocenters. The average molecular weight is 273 g/mol.